The lowest BCUT2D eigenvalue weighted by Gasteiger charge is -2.35. The van der Waals surface area contributed by atoms with Gasteiger partial charge in [0.1, 0.15) is 23.9 Å². The van der Waals surface area contributed by atoms with Gasteiger partial charge in [-0.1, -0.05) is 72.2 Å². The summed E-state index contributed by atoms with van der Waals surface area (Å²) in [5.41, 5.74) is 1.25. The summed E-state index contributed by atoms with van der Waals surface area (Å²) >= 11 is 0. The van der Waals surface area contributed by atoms with E-state index in [1.165, 1.54) is 12.5 Å². The fraction of sp³-hybridized carbons (Fsp3) is 0.526. The van der Waals surface area contributed by atoms with Gasteiger partial charge in [-0.2, -0.15) is 0 Å². The van der Waals surface area contributed by atoms with Crippen LogP contribution < -0.4 is 26.0 Å². The van der Waals surface area contributed by atoms with Crippen molar-refractivity contribution in [3.8, 4) is 5.75 Å². The van der Waals surface area contributed by atoms with Crippen LogP contribution in [-0.4, -0.2) is 85.7 Å². The SMILES string of the molecule is CC[C@H](C)[C@H](NC(=O)[C@H](C(C)C)[C@H](O)[C@H](O)C(CC(C)C)NC(=O)[C@H](Cc1cnc[nH]1)NC(=O)COc1ccccc1)C(=O)NCc1ccccn1. The zero-order valence-corrected chi connectivity index (χ0v) is 30.9. The molecule has 0 aliphatic carbocycles. The number of aromatic nitrogens is 3. The fourth-order valence-electron chi connectivity index (χ4n) is 5.85. The van der Waals surface area contributed by atoms with Gasteiger partial charge >= 0.3 is 0 Å². The Morgan fingerprint density at radius 2 is 1.58 bits per heavy atom. The average molecular weight is 722 g/mol. The van der Waals surface area contributed by atoms with E-state index < -0.39 is 65.8 Å². The van der Waals surface area contributed by atoms with Crippen molar-refractivity contribution in [2.45, 2.75) is 97.7 Å². The van der Waals surface area contributed by atoms with Crippen LogP contribution in [0.1, 0.15) is 65.8 Å². The van der Waals surface area contributed by atoms with Gasteiger partial charge in [0.15, 0.2) is 6.61 Å². The highest BCUT2D eigenvalue weighted by molar-refractivity contribution is 5.89. The second kappa shape index (κ2) is 20.9. The van der Waals surface area contributed by atoms with E-state index in [2.05, 4.69) is 36.2 Å². The van der Waals surface area contributed by atoms with E-state index >= 15 is 0 Å². The maximum Gasteiger partial charge on any atom is 0.258 e. The van der Waals surface area contributed by atoms with Crippen molar-refractivity contribution in [2.75, 3.05) is 6.61 Å². The summed E-state index contributed by atoms with van der Waals surface area (Å²) in [5, 5.41) is 34.4. The number of aromatic amines is 1. The number of amides is 4. The molecule has 2 aromatic heterocycles. The van der Waals surface area contributed by atoms with Crippen molar-refractivity contribution >= 4 is 23.6 Å². The number of carbonyl (C=O) groups excluding carboxylic acids is 4. The molecule has 14 heteroatoms. The lowest BCUT2D eigenvalue weighted by molar-refractivity contribution is -0.141. The zero-order valence-electron chi connectivity index (χ0n) is 30.9. The second-order valence-electron chi connectivity index (χ2n) is 13.9. The molecular weight excluding hydrogens is 666 g/mol. The first kappa shape index (κ1) is 41.6. The largest absolute Gasteiger partial charge is 0.484 e. The van der Waals surface area contributed by atoms with Crippen molar-refractivity contribution in [1.82, 2.24) is 36.2 Å². The van der Waals surface area contributed by atoms with Crippen molar-refractivity contribution in [1.29, 1.82) is 0 Å². The Morgan fingerprint density at radius 1 is 0.865 bits per heavy atom. The van der Waals surface area contributed by atoms with Crippen LogP contribution in [0.3, 0.4) is 0 Å². The molecule has 3 rings (SSSR count). The highest BCUT2D eigenvalue weighted by Crippen LogP contribution is 2.24. The number of nitrogens with zero attached hydrogens (tertiary/aromatic N) is 2. The number of imidazole rings is 1. The first-order valence-electron chi connectivity index (χ1n) is 17.9. The first-order valence-corrected chi connectivity index (χ1v) is 17.9. The van der Waals surface area contributed by atoms with Crippen LogP contribution in [0.2, 0.25) is 0 Å². The molecule has 284 valence electrons. The van der Waals surface area contributed by atoms with E-state index in [1.54, 1.807) is 56.4 Å². The number of pyridine rings is 1. The molecule has 14 nitrogen and oxygen atoms in total. The molecule has 1 unspecified atom stereocenters. The molecule has 52 heavy (non-hydrogen) atoms. The monoisotopic (exact) mass is 721 g/mol. The van der Waals surface area contributed by atoms with Gasteiger partial charge < -0.3 is 41.2 Å². The van der Waals surface area contributed by atoms with E-state index in [4.69, 9.17) is 4.74 Å². The summed E-state index contributed by atoms with van der Waals surface area (Å²) in [6.45, 7) is 10.9. The van der Waals surface area contributed by atoms with Gasteiger partial charge in [-0.15, -0.1) is 0 Å². The number of hydrogen-bond donors (Lipinski definition) is 7. The van der Waals surface area contributed by atoms with Gasteiger partial charge in [-0.25, -0.2) is 4.98 Å². The molecule has 0 aliphatic heterocycles. The third-order valence-corrected chi connectivity index (χ3v) is 8.91. The average Bonchev–Trinajstić information content (AvgIpc) is 3.64. The Labute approximate surface area is 306 Å². The minimum atomic E-state index is -1.61. The van der Waals surface area contributed by atoms with Crippen molar-refractivity contribution < 1.29 is 34.1 Å². The number of nitrogens with one attached hydrogen (secondary N) is 5. The quantitative estimate of drug-likeness (QED) is 0.0860. The number of rotatable bonds is 21. The van der Waals surface area contributed by atoms with Gasteiger partial charge in [0.2, 0.25) is 17.7 Å². The molecule has 7 atom stereocenters. The molecule has 0 fully saturated rings. The Morgan fingerprint density at radius 3 is 2.17 bits per heavy atom. The third kappa shape index (κ3) is 13.1. The van der Waals surface area contributed by atoms with Gasteiger partial charge in [0.25, 0.3) is 5.91 Å². The van der Waals surface area contributed by atoms with Crippen molar-refractivity contribution in [3.05, 3.63) is 78.6 Å². The maximum absolute atomic E-state index is 13.8. The molecule has 7 N–H and O–H groups in total. The van der Waals surface area contributed by atoms with Crippen LogP contribution in [0.15, 0.2) is 67.3 Å². The highest BCUT2D eigenvalue weighted by Gasteiger charge is 2.41. The minimum Gasteiger partial charge on any atom is -0.484 e. The molecule has 0 spiro atoms. The number of carbonyl (C=O) groups is 4. The summed E-state index contributed by atoms with van der Waals surface area (Å²) in [7, 11) is 0. The molecule has 4 amide bonds. The van der Waals surface area contributed by atoms with E-state index in [0.29, 0.717) is 23.6 Å². The molecule has 3 aromatic rings. The minimum absolute atomic E-state index is 0.0315. The van der Waals surface area contributed by atoms with Gasteiger partial charge in [-0.05, 0) is 48.4 Å². The molecule has 0 bridgehead atoms. The molecule has 0 saturated carbocycles. The predicted molar refractivity (Wildman–Crippen MR) is 195 cm³/mol. The molecule has 2 heterocycles. The first-order chi connectivity index (χ1) is 24.8. The summed E-state index contributed by atoms with van der Waals surface area (Å²) < 4.78 is 5.55. The maximum atomic E-state index is 13.8. The number of H-pyrrole nitrogens is 1. The van der Waals surface area contributed by atoms with Crippen LogP contribution >= 0.6 is 0 Å². The van der Waals surface area contributed by atoms with Crippen molar-refractivity contribution in [2.24, 2.45) is 23.7 Å². The lowest BCUT2D eigenvalue weighted by atomic mass is 9.82. The van der Waals surface area contributed by atoms with Gasteiger partial charge in [0.05, 0.1) is 36.6 Å². The number of para-hydroxylation sites is 1. The van der Waals surface area contributed by atoms with Crippen LogP contribution in [0.4, 0.5) is 0 Å². The number of hydrogen-bond acceptors (Lipinski definition) is 9. The number of aliphatic hydroxyl groups is 2. The summed E-state index contributed by atoms with van der Waals surface area (Å²) in [4.78, 5) is 65.0. The van der Waals surface area contributed by atoms with Gasteiger partial charge in [-0.3, -0.25) is 24.2 Å². The van der Waals surface area contributed by atoms with Crippen LogP contribution in [-0.2, 0) is 32.1 Å². The molecule has 0 aliphatic rings. The molecule has 0 radical (unpaired) electrons. The lowest BCUT2D eigenvalue weighted by Crippen LogP contribution is -2.59. The standard InChI is InChI=1S/C38H55N7O7/c1-7-25(6)33(38(51)41-20-26-13-11-12-16-40-26)45-37(50)32(24(4)5)35(48)34(47)29(17-23(2)3)44-36(49)30(18-27-19-39-22-42-27)43-31(46)21-52-28-14-9-8-10-15-28/h8-16,19,22-25,29-30,32-35,47-48H,7,17-18,20-21H2,1-6H3,(H,39,42)(H,41,51)(H,43,46)(H,44,49)(H,45,50)/t25-,29?,30-,32+,33-,34+,35-/m0/s1. The molecule has 0 saturated heterocycles. The topological polar surface area (TPSA) is 208 Å². The zero-order chi connectivity index (χ0) is 38.2. The van der Waals surface area contributed by atoms with Crippen molar-refractivity contribution in [3.63, 3.8) is 0 Å². The fourth-order valence-corrected chi connectivity index (χ4v) is 5.85. The predicted octanol–water partition coefficient (Wildman–Crippen LogP) is 2.28. The van der Waals surface area contributed by atoms with E-state index in [-0.39, 0.29) is 37.8 Å². The number of aliphatic hydroxyl groups excluding tert-OH is 2. The number of ether oxygens (including phenoxy) is 1. The van der Waals surface area contributed by atoms with E-state index in [0.717, 1.165) is 0 Å². The Hall–Kier alpha value is -4.82. The van der Waals surface area contributed by atoms with E-state index in [9.17, 15) is 29.4 Å². The van der Waals surface area contributed by atoms with Crippen LogP contribution in [0.5, 0.6) is 5.75 Å². The van der Waals surface area contributed by atoms with Gasteiger partial charge in [0, 0.05) is 24.5 Å². The Balaban J connectivity index is 1.76. The molecular formula is C38H55N7O7. The highest BCUT2D eigenvalue weighted by atomic mass is 16.5. The molecule has 1 aromatic carbocycles. The van der Waals surface area contributed by atoms with E-state index in [1.807, 2.05) is 39.8 Å². The summed E-state index contributed by atoms with van der Waals surface area (Å²) in [5.74, 6) is -3.50. The third-order valence-electron chi connectivity index (χ3n) is 8.91. The number of benzene rings is 1. The second-order valence-corrected chi connectivity index (χ2v) is 13.9. The van der Waals surface area contributed by atoms with Crippen LogP contribution in [0.25, 0.3) is 0 Å². The smallest absolute Gasteiger partial charge is 0.258 e. The van der Waals surface area contributed by atoms with Crippen LogP contribution in [0, 0.1) is 23.7 Å². The Kier molecular flexibility index (Phi) is 16.7. The summed E-state index contributed by atoms with van der Waals surface area (Å²) in [6, 6.07) is 11.2. The summed E-state index contributed by atoms with van der Waals surface area (Å²) in [6.07, 6.45) is 2.34. The normalized spacial score (nSPS) is 15.4. The Bertz CT molecular complexity index is 1520.